The van der Waals surface area contributed by atoms with Crippen LogP contribution in [-0.4, -0.2) is 78.9 Å². The summed E-state index contributed by atoms with van der Waals surface area (Å²) in [6.45, 7) is 12.7. The summed E-state index contributed by atoms with van der Waals surface area (Å²) in [5.74, 6) is 1.09. The van der Waals surface area contributed by atoms with Crippen molar-refractivity contribution in [3.63, 3.8) is 0 Å². The van der Waals surface area contributed by atoms with Gasteiger partial charge >= 0.3 is 0 Å². The third-order valence-corrected chi connectivity index (χ3v) is 8.48. The number of nitrogens with zero attached hydrogens (tertiary/aromatic N) is 3. The summed E-state index contributed by atoms with van der Waals surface area (Å²) < 4.78 is 5.95. The van der Waals surface area contributed by atoms with Crippen molar-refractivity contribution >= 4 is 18.0 Å². The van der Waals surface area contributed by atoms with Gasteiger partial charge in [-0.2, -0.15) is 0 Å². The Morgan fingerprint density at radius 1 is 0.951 bits per heavy atom. The number of hydrogen-bond acceptors (Lipinski definition) is 5. The highest BCUT2D eigenvalue weighted by Gasteiger charge is 2.27. The van der Waals surface area contributed by atoms with E-state index in [-0.39, 0.29) is 5.91 Å². The lowest BCUT2D eigenvalue weighted by Crippen LogP contribution is -2.41. The second kappa shape index (κ2) is 15.8. The molecule has 0 radical (unpaired) electrons. The van der Waals surface area contributed by atoms with Crippen molar-refractivity contribution in [2.24, 2.45) is 5.92 Å². The lowest BCUT2D eigenvalue weighted by molar-refractivity contribution is -0.118. The molecule has 1 saturated heterocycles. The van der Waals surface area contributed by atoms with E-state index in [1.807, 2.05) is 41.8 Å². The predicted molar refractivity (Wildman–Crippen MR) is 167 cm³/mol. The summed E-state index contributed by atoms with van der Waals surface area (Å²) in [5.41, 5.74) is 4.46. The molecule has 41 heavy (non-hydrogen) atoms. The second-order valence-electron chi connectivity index (χ2n) is 11.6. The largest absolute Gasteiger partial charge is 0.491 e. The molecule has 6 rings (SSSR count). The van der Waals surface area contributed by atoms with Gasteiger partial charge in [0.05, 0.1) is 12.1 Å². The molecule has 2 amide bonds. The number of likely N-dealkylation sites (tertiary alicyclic amines) is 1. The van der Waals surface area contributed by atoms with Gasteiger partial charge in [-0.05, 0) is 54.5 Å². The van der Waals surface area contributed by atoms with Crippen molar-refractivity contribution in [1.29, 1.82) is 0 Å². The van der Waals surface area contributed by atoms with Crippen LogP contribution in [-0.2, 0) is 17.8 Å². The quantitative estimate of drug-likeness (QED) is 0.430. The highest BCUT2D eigenvalue weighted by molar-refractivity contribution is 5.98. The first-order valence-corrected chi connectivity index (χ1v) is 15.9. The Morgan fingerprint density at radius 3 is 2.34 bits per heavy atom. The molecule has 7 nitrogen and oxygen atoms in total. The summed E-state index contributed by atoms with van der Waals surface area (Å²) in [4.78, 5) is 30.8. The van der Waals surface area contributed by atoms with Gasteiger partial charge in [-0.3, -0.25) is 14.5 Å². The first kappa shape index (κ1) is 30.9. The molecule has 2 aromatic carbocycles. The van der Waals surface area contributed by atoms with Gasteiger partial charge in [-0.15, -0.1) is 0 Å². The van der Waals surface area contributed by atoms with Gasteiger partial charge in [0.1, 0.15) is 12.4 Å². The van der Waals surface area contributed by atoms with Gasteiger partial charge in [-0.25, -0.2) is 0 Å². The standard InChI is InChI=1S/C28H36N4O3.C4H8.C2H6/c1-21(17-31-11-8-22-4-2-3-5-23(22)19-31)18-32-14-15-35-27-7-6-25(16-26(27)28(32)34)29-24-9-12-30(20-33)13-10-24;1-2-4-3-1;1-2/h2-7,16,20-21,24,29H,8-15,17-19H2,1H3;1-4H2;1-2H3/t21-;;/m1../s1. The number of hydrogen-bond donors (Lipinski definition) is 1. The number of rotatable bonds is 7. The molecule has 1 atom stereocenters. The van der Waals surface area contributed by atoms with E-state index in [0.717, 1.165) is 70.6 Å². The van der Waals surface area contributed by atoms with Gasteiger partial charge in [0.15, 0.2) is 0 Å². The summed E-state index contributed by atoms with van der Waals surface area (Å²) in [5, 5.41) is 3.56. The number of piperidine rings is 1. The molecule has 1 N–H and O–H groups in total. The number of carbonyl (C=O) groups excluding carboxylic acids is 2. The lowest BCUT2D eigenvalue weighted by Gasteiger charge is -2.32. The number of carbonyl (C=O) groups is 2. The van der Waals surface area contributed by atoms with E-state index in [9.17, 15) is 9.59 Å². The Bertz CT molecular complexity index is 1110. The summed E-state index contributed by atoms with van der Waals surface area (Å²) in [6.07, 6.45) is 9.83. The van der Waals surface area contributed by atoms with Gasteiger partial charge in [0.2, 0.25) is 6.41 Å². The van der Waals surface area contributed by atoms with Crippen LogP contribution in [0.2, 0.25) is 0 Å². The number of fused-ring (bicyclic) bond motifs is 2. The third kappa shape index (κ3) is 8.71. The van der Waals surface area contributed by atoms with E-state index in [1.54, 1.807) is 0 Å². The number of nitrogens with one attached hydrogen (secondary N) is 1. The van der Waals surface area contributed by atoms with Crippen molar-refractivity contribution in [2.45, 2.75) is 78.3 Å². The molecule has 0 spiro atoms. The van der Waals surface area contributed by atoms with E-state index in [4.69, 9.17) is 4.74 Å². The minimum Gasteiger partial charge on any atom is -0.491 e. The molecule has 224 valence electrons. The molecule has 7 heteroatoms. The number of amides is 2. The minimum absolute atomic E-state index is 0.0489. The molecule has 0 aromatic heterocycles. The fourth-order valence-corrected chi connectivity index (χ4v) is 5.84. The van der Waals surface area contributed by atoms with Crippen LogP contribution in [0.4, 0.5) is 5.69 Å². The van der Waals surface area contributed by atoms with E-state index < -0.39 is 0 Å². The zero-order valence-corrected chi connectivity index (χ0v) is 25.4. The molecule has 1 saturated carbocycles. The monoisotopic (exact) mass is 562 g/mol. The zero-order valence-electron chi connectivity index (χ0n) is 25.4. The summed E-state index contributed by atoms with van der Waals surface area (Å²) >= 11 is 0. The Balaban J connectivity index is 0.000000584. The van der Waals surface area contributed by atoms with E-state index in [2.05, 4.69) is 41.4 Å². The number of ether oxygens (including phenoxy) is 1. The Kier molecular flexibility index (Phi) is 11.9. The molecule has 0 unspecified atom stereocenters. The molecule has 2 aromatic rings. The van der Waals surface area contributed by atoms with E-state index >= 15 is 0 Å². The van der Waals surface area contributed by atoms with Crippen molar-refractivity contribution in [3.8, 4) is 5.75 Å². The van der Waals surface area contributed by atoms with Crippen LogP contribution in [0.3, 0.4) is 0 Å². The van der Waals surface area contributed by atoms with Crippen molar-refractivity contribution in [2.75, 3.05) is 51.2 Å². The van der Waals surface area contributed by atoms with Crippen molar-refractivity contribution in [3.05, 3.63) is 59.2 Å². The topological polar surface area (TPSA) is 65.1 Å². The third-order valence-electron chi connectivity index (χ3n) is 8.48. The first-order valence-electron chi connectivity index (χ1n) is 15.9. The second-order valence-corrected chi connectivity index (χ2v) is 11.6. The maximum absolute atomic E-state index is 13.5. The maximum atomic E-state index is 13.5. The summed E-state index contributed by atoms with van der Waals surface area (Å²) in [6, 6.07) is 14.9. The van der Waals surface area contributed by atoms with Crippen LogP contribution in [0.25, 0.3) is 0 Å². The fraction of sp³-hybridized carbons (Fsp3) is 0.588. The Morgan fingerprint density at radius 2 is 1.66 bits per heavy atom. The smallest absolute Gasteiger partial charge is 0.257 e. The SMILES string of the molecule is C1CCC1.CC.C[C@H](CN1CCc2ccccc2C1)CN1CCOc2ccc(NC3CCN(C=O)CC3)cc2C1=O. The average molecular weight is 563 g/mol. The Hall–Kier alpha value is -3.06. The van der Waals surface area contributed by atoms with Crippen LogP contribution >= 0.6 is 0 Å². The van der Waals surface area contributed by atoms with Gasteiger partial charge in [0.25, 0.3) is 5.91 Å². The van der Waals surface area contributed by atoms with Crippen LogP contribution < -0.4 is 10.1 Å². The number of benzene rings is 2. The van der Waals surface area contributed by atoms with Crippen LogP contribution in [0, 0.1) is 5.92 Å². The normalized spacial score (nSPS) is 19.4. The molecule has 4 aliphatic rings. The van der Waals surface area contributed by atoms with Crippen LogP contribution in [0.1, 0.15) is 80.8 Å². The van der Waals surface area contributed by atoms with Crippen LogP contribution in [0.15, 0.2) is 42.5 Å². The van der Waals surface area contributed by atoms with Gasteiger partial charge in [-0.1, -0.05) is 70.7 Å². The van der Waals surface area contributed by atoms with E-state index in [0.29, 0.717) is 36.4 Å². The maximum Gasteiger partial charge on any atom is 0.257 e. The van der Waals surface area contributed by atoms with Crippen molar-refractivity contribution < 1.29 is 14.3 Å². The molecular weight excluding hydrogens is 512 g/mol. The molecular formula is C34H50N4O3. The summed E-state index contributed by atoms with van der Waals surface area (Å²) in [7, 11) is 0. The van der Waals surface area contributed by atoms with E-state index in [1.165, 1.54) is 36.8 Å². The zero-order chi connectivity index (χ0) is 29.0. The molecule has 1 aliphatic carbocycles. The highest BCUT2D eigenvalue weighted by atomic mass is 16.5. The number of anilines is 1. The van der Waals surface area contributed by atoms with Gasteiger partial charge in [0, 0.05) is 51.0 Å². The lowest BCUT2D eigenvalue weighted by atomic mass is 9.99. The van der Waals surface area contributed by atoms with Gasteiger partial charge < -0.3 is 19.9 Å². The highest BCUT2D eigenvalue weighted by Crippen LogP contribution is 2.28. The average Bonchev–Trinajstić information content (AvgIpc) is 3.12. The molecule has 3 aliphatic heterocycles. The molecule has 2 fully saturated rings. The van der Waals surface area contributed by atoms with Crippen molar-refractivity contribution in [1.82, 2.24) is 14.7 Å². The Labute approximate surface area is 247 Å². The predicted octanol–water partition coefficient (Wildman–Crippen LogP) is 5.83. The van der Waals surface area contributed by atoms with Crippen LogP contribution in [0.5, 0.6) is 5.75 Å². The molecule has 3 heterocycles. The fourth-order valence-electron chi connectivity index (χ4n) is 5.84. The molecule has 0 bridgehead atoms. The minimum atomic E-state index is 0.0489. The first-order chi connectivity index (χ1) is 20.1.